The van der Waals surface area contributed by atoms with Gasteiger partial charge in [-0.15, -0.1) is 0 Å². The molecule has 5 nitrogen and oxygen atoms in total. The number of aromatic nitrogens is 4. The highest BCUT2D eigenvalue weighted by Crippen LogP contribution is 2.48. The average molecular weight is 641 g/mol. The lowest BCUT2D eigenvalue weighted by molar-refractivity contribution is 0.653. The molecule has 6 aromatic carbocycles. The number of hydrogen-bond acceptors (Lipinski definition) is 3. The van der Waals surface area contributed by atoms with Crippen molar-refractivity contribution in [1.29, 1.82) is 0 Å². The van der Waals surface area contributed by atoms with Gasteiger partial charge in [0.15, 0.2) is 11.6 Å². The largest absolute Gasteiger partial charge is 0.437 e. The summed E-state index contributed by atoms with van der Waals surface area (Å²) in [5.41, 5.74) is 11.6. The van der Waals surface area contributed by atoms with Gasteiger partial charge in [0.25, 0.3) is 0 Å². The molecule has 0 N–H and O–H groups in total. The summed E-state index contributed by atoms with van der Waals surface area (Å²) in [5.74, 6) is 1.43. The molecule has 0 aliphatic heterocycles. The van der Waals surface area contributed by atoms with E-state index in [1.807, 2.05) is 36.4 Å². The van der Waals surface area contributed by atoms with Gasteiger partial charge in [-0.1, -0.05) is 122 Å². The first-order valence-electron chi connectivity index (χ1n) is 16.9. The molecule has 5 heterocycles. The number of nitrogens with zero attached hydrogens (tertiary/aromatic N) is 4. The van der Waals surface area contributed by atoms with Crippen molar-refractivity contribution in [3.05, 3.63) is 151 Å². The second-order valence-electron chi connectivity index (χ2n) is 13.0. The van der Waals surface area contributed by atoms with Crippen LogP contribution in [0.1, 0.15) is 11.1 Å². The highest BCUT2D eigenvalue weighted by Gasteiger charge is 2.28. The Kier molecular flexibility index (Phi) is 5.40. The Bertz CT molecular complexity index is 3180. The summed E-state index contributed by atoms with van der Waals surface area (Å²) in [7, 11) is 0. The summed E-state index contributed by atoms with van der Waals surface area (Å²) in [6.45, 7) is 6.43. The third-order valence-corrected chi connectivity index (χ3v) is 10.5. The maximum Gasteiger partial charge on any atom is 0.233 e. The number of benzene rings is 6. The molecule has 0 atom stereocenters. The van der Waals surface area contributed by atoms with E-state index in [0.29, 0.717) is 11.5 Å². The molecule has 0 bridgehead atoms. The molecule has 5 heteroatoms. The van der Waals surface area contributed by atoms with Crippen LogP contribution in [0.5, 0.6) is 0 Å². The fraction of sp³-hybridized carbons (Fsp3) is 0.0222. The Morgan fingerprint density at radius 2 is 1.32 bits per heavy atom. The van der Waals surface area contributed by atoms with Gasteiger partial charge in [0.2, 0.25) is 5.71 Å². The summed E-state index contributed by atoms with van der Waals surface area (Å²) in [5, 5.41) is 7.89. The summed E-state index contributed by atoms with van der Waals surface area (Å²) in [6.07, 6.45) is 1.96. The van der Waals surface area contributed by atoms with Gasteiger partial charge in [-0.05, 0) is 42.3 Å². The second-order valence-corrected chi connectivity index (χ2v) is 13.0. The number of hydrogen-bond donors (Lipinski definition) is 0. The van der Waals surface area contributed by atoms with Gasteiger partial charge in [0.1, 0.15) is 5.58 Å². The first kappa shape index (κ1) is 27.3. The Hall–Kier alpha value is -6.72. The van der Waals surface area contributed by atoms with Crippen LogP contribution in [0.25, 0.3) is 106 Å². The highest BCUT2D eigenvalue weighted by atomic mass is 16.3. The van der Waals surface area contributed by atoms with E-state index < -0.39 is 0 Å². The smallest absolute Gasteiger partial charge is 0.233 e. The quantitative estimate of drug-likeness (QED) is 0.192. The minimum atomic E-state index is 0.571. The molecule has 0 unspecified atom stereocenters. The number of furan rings is 1. The predicted octanol–water partition coefficient (Wildman–Crippen LogP) is 11.8. The van der Waals surface area contributed by atoms with Crippen LogP contribution in [-0.2, 0) is 0 Å². The van der Waals surface area contributed by atoms with Crippen molar-refractivity contribution in [2.75, 3.05) is 0 Å². The Morgan fingerprint density at radius 1 is 0.620 bits per heavy atom. The van der Waals surface area contributed by atoms with E-state index in [0.717, 1.165) is 44.3 Å². The van der Waals surface area contributed by atoms with Crippen molar-refractivity contribution in [1.82, 2.24) is 18.9 Å². The third-order valence-electron chi connectivity index (χ3n) is 10.5. The number of fused-ring (bicyclic) bond motifs is 10. The van der Waals surface area contributed by atoms with Crippen LogP contribution >= 0.6 is 0 Å². The topological polar surface area (TPSA) is 48.3 Å². The molecule has 11 rings (SSSR count). The van der Waals surface area contributed by atoms with Crippen LogP contribution < -0.4 is 0 Å². The van der Waals surface area contributed by atoms with Gasteiger partial charge in [0.05, 0.1) is 33.1 Å². The van der Waals surface area contributed by atoms with E-state index in [1.165, 1.54) is 54.8 Å². The monoisotopic (exact) mass is 640 g/mol. The lowest BCUT2D eigenvalue weighted by Gasteiger charge is -2.11. The normalized spacial score (nSPS) is 12.2. The molecular formula is C45H28N4O. The lowest BCUT2D eigenvalue weighted by atomic mass is 9.99. The Labute approximate surface area is 286 Å². The highest BCUT2D eigenvalue weighted by molar-refractivity contribution is 6.31. The maximum atomic E-state index is 6.48. The van der Waals surface area contributed by atoms with Crippen LogP contribution in [0.15, 0.2) is 144 Å². The molecule has 234 valence electrons. The summed E-state index contributed by atoms with van der Waals surface area (Å²) < 4.78 is 11.3. The average Bonchev–Trinajstić information content (AvgIpc) is 3.89. The van der Waals surface area contributed by atoms with Crippen molar-refractivity contribution in [2.45, 2.75) is 6.92 Å². The summed E-state index contributed by atoms with van der Waals surface area (Å²) >= 11 is 0. The minimum Gasteiger partial charge on any atom is -0.437 e. The van der Waals surface area contributed by atoms with Gasteiger partial charge in [0, 0.05) is 43.4 Å². The molecule has 0 saturated carbocycles. The molecule has 50 heavy (non-hydrogen) atoms. The molecule has 11 aromatic rings. The van der Waals surface area contributed by atoms with E-state index in [1.54, 1.807) is 0 Å². The number of rotatable bonds is 4. The fourth-order valence-electron chi connectivity index (χ4n) is 8.33. The zero-order valence-electron chi connectivity index (χ0n) is 27.2. The van der Waals surface area contributed by atoms with E-state index >= 15 is 0 Å². The van der Waals surface area contributed by atoms with Crippen LogP contribution in [0.2, 0.25) is 0 Å². The lowest BCUT2D eigenvalue weighted by Crippen LogP contribution is -2.02. The second kappa shape index (κ2) is 9.91. The summed E-state index contributed by atoms with van der Waals surface area (Å²) in [4.78, 5) is 10.4. The van der Waals surface area contributed by atoms with Gasteiger partial charge in [-0.25, -0.2) is 4.98 Å². The van der Waals surface area contributed by atoms with E-state index in [-0.39, 0.29) is 0 Å². The van der Waals surface area contributed by atoms with Crippen molar-refractivity contribution < 1.29 is 4.42 Å². The standard InChI is InChI=1S/C45H28N4O/c1-3-27-15-7-8-18-29(27)40-26(2)33-25-34-30-19-9-12-22-35(30)49(42(34)38-31-20-10-13-23-36(31)48(40)41(33)38)44-39-32-21-11-14-24-37(32)50-45(39)47-43(46-44)28-16-5-4-6-17-28/h3-25H,1H2,2H3. The van der Waals surface area contributed by atoms with Crippen LogP contribution in [0, 0.1) is 6.92 Å². The zero-order valence-corrected chi connectivity index (χ0v) is 27.2. The van der Waals surface area contributed by atoms with E-state index in [2.05, 4.69) is 126 Å². The first-order chi connectivity index (χ1) is 24.7. The van der Waals surface area contributed by atoms with Gasteiger partial charge < -0.3 is 8.82 Å². The molecule has 0 radical (unpaired) electrons. The summed E-state index contributed by atoms with van der Waals surface area (Å²) in [6, 6.07) is 46.8. The van der Waals surface area contributed by atoms with Crippen molar-refractivity contribution in [2.24, 2.45) is 0 Å². The van der Waals surface area contributed by atoms with Crippen LogP contribution in [0.4, 0.5) is 0 Å². The molecule has 5 aromatic heterocycles. The molecule has 0 amide bonds. The predicted molar refractivity (Wildman–Crippen MR) is 207 cm³/mol. The molecule has 0 saturated heterocycles. The molecule has 0 aliphatic rings. The number of aryl methyl sites for hydroxylation is 1. The fourth-order valence-corrected chi connectivity index (χ4v) is 8.33. The Balaban J connectivity index is 1.39. The van der Waals surface area contributed by atoms with Crippen molar-refractivity contribution >= 4 is 77.1 Å². The first-order valence-corrected chi connectivity index (χ1v) is 16.9. The molecule has 0 aliphatic carbocycles. The molecule has 0 spiro atoms. The Morgan fingerprint density at radius 3 is 2.16 bits per heavy atom. The van der Waals surface area contributed by atoms with Gasteiger partial charge in [-0.3, -0.25) is 4.57 Å². The van der Waals surface area contributed by atoms with Crippen molar-refractivity contribution in [3.63, 3.8) is 0 Å². The maximum absolute atomic E-state index is 6.48. The van der Waals surface area contributed by atoms with Gasteiger partial charge in [-0.2, -0.15) is 4.98 Å². The SMILES string of the molecule is C=Cc1ccccc1-c1c(C)c2cc3c4ccccc4n(-c4nc(-c5ccccc5)nc5oc6ccccc6c45)c3c3c4ccccc4n1c23. The van der Waals surface area contributed by atoms with Crippen molar-refractivity contribution in [3.8, 4) is 28.5 Å². The number of para-hydroxylation sites is 3. The molecular weight excluding hydrogens is 613 g/mol. The zero-order chi connectivity index (χ0) is 33.1. The van der Waals surface area contributed by atoms with Crippen LogP contribution in [-0.4, -0.2) is 18.9 Å². The van der Waals surface area contributed by atoms with E-state index in [4.69, 9.17) is 14.4 Å². The minimum absolute atomic E-state index is 0.571. The van der Waals surface area contributed by atoms with Crippen LogP contribution in [0.3, 0.4) is 0 Å². The third kappa shape index (κ3) is 3.45. The molecule has 0 fully saturated rings. The van der Waals surface area contributed by atoms with Gasteiger partial charge >= 0.3 is 0 Å². The van der Waals surface area contributed by atoms with E-state index in [9.17, 15) is 0 Å².